The average Bonchev–Trinajstić information content (AvgIpc) is 2.92. The lowest BCUT2D eigenvalue weighted by Crippen LogP contribution is -2.49. The quantitative estimate of drug-likeness (QED) is 0.654. The van der Waals surface area contributed by atoms with E-state index in [2.05, 4.69) is 23.7 Å². The number of benzene rings is 1. The number of aliphatic hydroxyl groups is 1. The number of carbonyl (C=O) groups is 1. The summed E-state index contributed by atoms with van der Waals surface area (Å²) in [5, 5.41) is 10.7. The minimum Gasteiger partial charge on any atom is -0.459 e. The molecule has 0 radical (unpaired) electrons. The molecular formula is C21H20O5. The Morgan fingerprint density at radius 1 is 1.31 bits per heavy atom. The van der Waals surface area contributed by atoms with Crippen LogP contribution in [0.25, 0.3) is 0 Å². The zero-order valence-corrected chi connectivity index (χ0v) is 14.5. The Hall–Kier alpha value is -2.73. The molecule has 0 saturated carbocycles. The highest BCUT2D eigenvalue weighted by Gasteiger charge is 2.57. The van der Waals surface area contributed by atoms with Gasteiger partial charge in [-0.3, -0.25) is 0 Å². The third kappa shape index (κ3) is 3.75. The molecule has 2 heterocycles. The molecule has 0 bridgehead atoms. The fraction of sp³-hybridized carbons (Fsp3) is 0.381. The molecule has 0 unspecified atom stereocenters. The highest BCUT2D eigenvalue weighted by molar-refractivity contribution is 5.89. The summed E-state index contributed by atoms with van der Waals surface area (Å²) in [4.78, 5) is 12.5. The molecule has 0 aliphatic carbocycles. The SMILES string of the molecule is CC#CC#C/C=C1/O[C@]2(CCCCO2)[C@H](OC(=O)c2ccccc2)[C@H]1O. The molecular weight excluding hydrogens is 332 g/mol. The van der Waals surface area contributed by atoms with Crippen LogP contribution in [0.3, 0.4) is 0 Å². The van der Waals surface area contributed by atoms with Crippen molar-refractivity contribution in [1.29, 1.82) is 0 Å². The van der Waals surface area contributed by atoms with Crippen LogP contribution < -0.4 is 0 Å². The van der Waals surface area contributed by atoms with Crippen molar-refractivity contribution in [3.8, 4) is 23.7 Å². The Balaban J connectivity index is 1.85. The highest BCUT2D eigenvalue weighted by Crippen LogP contribution is 2.42. The smallest absolute Gasteiger partial charge is 0.338 e. The Labute approximate surface area is 152 Å². The molecule has 1 aromatic carbocycles. The first-order valence-electron chi connectivity index (χ1n) is 8.56. The van der Waals surface area contributed by atoms with E-state index in [0.717, 1.165) is 12.8 Å². The van der Waals surface area contributed by atoms with E-state index in [1.54, 1.807) is 31.2 Å². The van der Waals surface area contributed by atoms with Gasteiger partial charge >= 0.3 is 5.97 Å². The van der Waals surface area contributed by atoms with E-state index in [1.165, 1.54) is 6.08 Å². The van der Waals surface area contributed by atoms with E-state index in [9.17, 15) is 9.90 Å². The Morgan fingerprint density at radius 3 is 2.81 bits per heavy atom. The lowest BCUT2D eigenvalue weighted by Gasteiger charge is -2.36. The van der Waals surface area contributed by atoms with Gasteiger partial charge in [-0.1, -0.05) is 30.0 Å². The van der Waals surface area contributed by atoms with Crippen molar-refractivity contribution in [3.05, 3.63) is 47.7 Å². The van der Waals surface area contributed by atoms with E-state index in [-0.39, 0.29) is 5.76 Å². The van der Waals surface area contributed by atoms with Gasteiger partial charge in [0.2, 0.25) is 0 Å². The molecule has 1 spiro atoms. The number of aliphatic hydroxyl groups excluding tert-OH is 1. The third-order valence-electron chi connectivity index (χ3n) is 4.29. The fourth-order valence-electron chi connectivity index (χ4n) is 3.04. The van der Waals surface area contributed by atoms with Crippen LogP contribution in [0.5, 0.6) is 0 Å². The van der Waals surface area contributed by atoms with Gasteiger partial charge < -0.3 is 19.3 Å². The molecule has 3 atom stereocenters. The van der Waals surface area contributed by atoms with Crippen molar-refractivity contribution < 1.29 is 24.1 Å². The highest BCUT2D eigenvalue weighted by atomic mass is 16.7. The van der Waals surface area contributed by atoms with Gasteiger partial charge in [-0.05, 0) is 43.7 Å². The molecule has 0 aromatic heterocycles. The third-order valence-corrected chi connectivity index (χ3v) is 4.29. The van der Waals surface area contributed by atoms with Crippen LogP contribution in [0.4, 0.5) is 0 Å². The van der Waals surface area contributed by atoms with Gasteiger partial charge in [0.05, 0.1) is 12.2 Å². The molecule has 2 aliphatic heterocycles. The number of hydrogen-bond acceptors (Lipinski definition) is 5. The molecule has 2 aliphatic rings. The maximum absolute atomic E-state index is 12.5. The van der Waals surface area contributed by atoms with Gasteiger partial charge in [0, 0.05) is 12.5 Å². The van der Waals surface area contributed by atoms with E-state index in [1.807, 2.05) is 6.07 Å². The summed E-state index contributed by atoms with van der Waals surface area (Å²) >= 11 is 0. The summed E-state index contributed by atoms with van der Waals surface area (Å²) in [7, 11) is 0. The standard InChI is InChI=1S/C21H20O5/c1-2-3-4-8-13-17-18(22)19(21(26-17)14-9-10-15-24-21)25-20(23)16-11-6-5-7-12-16/h5-7,11-13,18-19,22H,9-10,14-15H2,1H3/b17-13+/t18-,19+,21+/m0/s1. The van der Waals surface area contributed by atoms with E-state index in [4.69, 9.17) is 14.2 Å². The lowest BCUT2D eigenvalue weighted by atomic mass is 9.98. The molecule has 2 fully saturated rings. The minimum absolute atomic E-state index is 0.225. The molecule has 134 valence electrons. The van der Waals surface area contributed by atoms with Crippen LogP contribution in [-0.4, -0.2) is 35.7 Å². The normalized spacial score (nSPS) is 28.5. The second-order valence-electron chi connectivity index (χ2n) is 6.05. The summed E-state index contributed by atoms with van der Waals surface area (Å²) < 4.78 is 17.3. The lowest BCUT2D eigenvalue weighted by molar-refractivity contribution is -0.256. The van der Waals surface area contributed by atoms with E-state index >= 15 is 0 Å². The summed E-state index contributed by atoms with van der Waals surface area (Å²) in [5.74, 6) is 9.14. The molecule has 1 aromatic rings. The molecule has 1 N–H and O–H groups in total. The van der Waals surface area contributed by atoms with Gasteiger partial charge in [-0.25, -0.2) is 4.79 Å². The Bertz CT molecular complexity index is 798. The van der Waals surface area contributed by atoms with Crippen LogP contribution >= 0.6 is 0 Å². The maximum atomic E-state index is 12.5. The fourth-order valence-corrected chi connectivity index (χ4v) is 3.04. The van der Waals surface area contributed by atoms with Gasteiger partial charge in [-0.15, -0.1) is 0 Å². The van der Waals surface area contributed by atoms with Gasteiger partial charge in [0.25, 0.3) is 5.79 Å². The molecule has 0 amide bonds. The first kappa shape index (κ1) is 18.1. The molecule has 3 rings (SSSR count). The zero-order valence-electron chi connectivity index (χ0n) is 14.5. The summed E-state index contributed by atoms with van der Waals surface area (Å²) in [6, 6.07) is 8.63. The van der Waals surface area contributed by atoms with E-state index in [0.29, 0.717) is 18.6 Å². The predicted octanol–water partition coefficient (Wildman–Crippen LogP) is 2.41. The predicted molar refractivity (Wildman–Crippen MR) is 94.6 cm³/mol. The number of ether oxygens (including phenoxy) is 3. The van der Waals surface area contributed by atoms with Crippen LogP contribution in [0.15, 0.2) is 42.2 Å². The molecule has 5 nitrogen and oxygen atoms in total. The summed E-state index contributed by atoms with van der Waals surface area (Å²) in [6.45, 7) is 2.17. The van der Waals surface area contributed by atoms with Crippen molar-refractivity contribution in [2.24, 2.45) is 0 Å². The number of esters is 1. The van der Waals surface area contributed by atoms with Crippen LogP contribution in [0, 0.1) is 23.7 Å². The molecule has 5 heteroatoms. The number of carbonyl (C=O) groups excluding carboxylic acids is 1. The number of hydrogen-bond donors (Lipinski definition) is 1. The first-order chi connectivity index (χ1) is 12.7. The Kier molecular flexibility index (Phi) is 5.63. The average molecular weight is 352 g/mol. The second-order valence-corrected chi connectivity index (χ2v) is 6.05. The van der Waals surface area contributed by atoms with Gasteiger partial charge in [0.15, 0.2) is 12.2 Å². The second kappa shape index (κ2) is 8.10. The van der Waals surface area contributed by atoms with Crippen LogP contribution in [0.1, 0.15) is 36.5 Å². The van der Waals surface area contributed by atoms with Crippen LogP contribution in [0.2, 0.25) is 0 Å². The number of rotatable bonds is 2. The van der Waals surface area contributed by atoms with Gasteiger partial charge in [0.1, 0.15) is 5.76 Å². The Morgan fingerprint density at radius 2 is 2.12 bits per heavy atom. The zero-order chi connectivity index (χ0) is 18.4. The van der Waals surface area contributed by atoms with Crippen molar-refractivity contribution >= 4 is 5.97 Å². The largest absolute Gasteiger partial charge is 0.459 e. The summed E-state index contributed by atoms with van der Waals surface area (Å²) in [5.41, 5.74) is 0.404. The van der Waals surface area contributed by atoms with Crippen molar-refractivity contribution in [2.45, 2.75) is 44.2 Å². The number of allylic oxidation sites excluding steroid dienone is 1. The maximum Gasteiger partial charge on any atom is 0.338 e. The first-order valence-corrected chi connectivity index (χ1v) is 8.56. The minimum atomic E-state index is -1.17. The van der Waals surface area contributed by atoms with Crippen LogP contribution in [-0.2, 0) is 14.2 Å². The molecule has 26 heavy (non-hydrogen) atoms. The van der Waals surface area contributed by atoms with Crippen molar-refractivity contribution in [2.75, 3.05) is 6.61 Å². The van der Waals surface area contributed by atoms with Crippen molar-refractivity contribution in [3.63, 3.8) is 0 Å². The van der Waals surface area contributed by atoms with E-state index < -0.39 is 24.0 Å². The summed E-state index contributed by atoms with van der Waals surface area (Å²) in [6.07, 6.45) is 1.62. The van der Waals surface area contributed by atoms with Gasteiger partial charge in [-0.2, -0.15) is 0 Å². The monoisotopic (exact) mass is 352 g/mol. The van der Waals surface area contributed by atoms with Crippen molar-refractivity contribution in [1.82, 2.24) is 0 Å². The topological polar surface area (TPSA) is 65.0 Å². The molecule has 2 saturated heterocycles.